The van der Waals surface area contributed by atoms with Gasteiger partial charge in [0.05, 0.1) is 4.90 Å². The van der Waals surface area contributed by atoms with Gasteiger partial charge in [-0.1, -0.05) is 20.3 Å². The third kappa shape index (κ3) is 3.28. The van der Waals surface area contributed by atoms with Gasteiger partial charge >= 0.3 is 0 Å². The zero-order valence-electron chi connectivity index (χ0n) is 10.3. The molecule has 0 atom stereocenters. The average molecular weight is 276 g/mol. The van der Waals surface area contributed by atoms with Crippen molar-refractivity contribution in [2.45, 2.75) is 38.1 Å². The SMILES string of the molecule is CCCCN(CC)S(=O)(=O)c1ccsc1CN. The Kier molecular flexibility index (Phi) is 5.58. The van der Waals surface area contributed by atoms with Gasteiger partial charge in [0.25, 0.3) is 0 Å². The number of nitrogens with two attached hydrogens (primary N) is 1. The van der Waals surface area contributed by atoms with Crippen LogP contribution in [-0.4, -0.2) is 25.8 Å². The van der Waals surface area contributed by atoms with Crippen LogP contribution in [0.15, 0.2) is 16.3 Å². The van der Waals surface area contributed by atoms with Crippen molar-refractivity contribution in [2.24, 2.45) is 5.73 Å². The molecule has 17 heavy (non-hydrogen) atoms. The van der Waals surface area contributed by atoms with E-state index in [-0.39, 0.29) is 6.54 Å². The van der Waals surface area contributed by atoms with Crippen molar-refractivity contribution in [3.8, 4) is 0 Å². The monoisotopic (exact) mass is 276 g/mol. The quantitative estimate of drug-likeness (QED) is 0.828. The van der Waals surface area contributed by atoms with Crippen molar-refractivity contribution < 1.29 is 8.42 Å². The molecule has 0 aliphatic heterocycles. The van der Waals surface area contributed by atoms with Crippen molar-refractivity contribution in [3.63, 3.8) is 0 Å². The molecular weight excluding hydrogens is 256 g/mol. The molecule has 0 saturated heterocycles. The predicted molar refractivity (Wildman–Crippen MR) is 71.6 cm³/mol. The van der Waals surface area contributed by atoms with E-state index in [0.29, 0.717) is 18.0 Å². The molecule has 0 amide bonds. The van der Waals surface area contributed by atoms with Crippen molar-refractivity contribution in [1.82, 2.24) is 4.31 Å². The Morgan fingerprint density at radius 2 is 2.12 bits per heavy atom. The number of sulfonamides is 1. The van der Waals surface area contributed by atoms with Gasteiger partial charge in [-0.15, -0.1) is 11.3 Å². The molecule has 0 bridgehead atoms. The minimum absolute atomic E-state index is 0.275. The van der Waals surface area contributed by atoms with Gasteiger partial charge in [-0.25, -0.2) is 8.42 Å². The molecule has 0 spiro atoms. The van der Waals surface area contributed by atoms with Crippen LogP contribution in [0.3, 0.4) is 0 Å². The maximum absolute atomic E-state index is 12.4. The van der Waals surface area contributed by atoms with E-state index >= 15 is 0 Å². The van der Waals surface area contributed by atoms with Crippen molar-refractivity contribution in [1.29, 1.82) is 0 Å². The maximum Gasteiger partial charge on any atom is 0.244 e. The summed E-state index contributed by atoms with van der Waals surface area (Å²) in [6, 6.07) is 1.65. The Morgan fingerprint density at radius 3 is 2.65 bits per heavy atom. The lowest BCUT2D eigenvalue weighted by Crippen LogP contribution is -2.32. The van der Waals surface area contributed by atoms with E-state index in [0.717, 1.165) is 17.7 Å². The van der Waals surface area contributed by atoms with Crippen molar-refractivity contribution in [2.75, 3.05) is 13.1 Å². The molecule has 0 radical (unpaired) electrons. The first-order valence-electron chi connectivity index (χ1n) is 5.84. The van der Waals surface area contributed by atoms with Crippen LogP contribution < -0.4 is 5.73 Å². The molecule has 0 aliphatic carbocycles. The summed E-state index contributed by atoms with van der Waals surface area (Å²) in [5.41, 5.74) is 5.56. The highest BCUT2D eigenvalue weighted by atomic mass is 32.2. The second-order valence-corrected chi connectivity index (χ2v) is 6.67. The van der Waals surface area contributed by atoms with Crippen molar-refractivity contribution >= 4 is 21.4 Å². The van der Waals surface area contributed by atoms with E-state index in [4.69, 9.17) is 5.73 Å². The highest BCUT2D eigenvalue weighted by Crippen LogP contribution is 2.24. The van der Waals surface area contributed by atoms with Gasteiger partial charge in [0.2, 0.25) is 10.0 Å². The van der Waals surface area contributed by atoms with Crippen molar-refractivity contribution in [3.05, 3.63) is 16.3 Å². The second kappa shape index (κ2) is 6.49. The van der Waals surface area contributed by atoms with Gasteiger partial charge in [0.1, 0.15) is 0 Å². The van der Waals surface area contributed by atoms with Gasteiger partial charge in [0, 0.05) is 24.5 Å². The number of hydrogen-bond donors (Lipinski definition) is 1. The van der Waals surface area contributed by atoms with E-state index in [1.54, 1.807) is 11.4 Å². The van der Waals surface area contributed by atoms with E-state index in [1.165, 1.54) is 15.6 Å². The van der Waals surface area contributed by atoms with E-state index < -0.39 is 10.0 Å². The normalized spacial score (nSPS) is 12.2. The zero-order chi connectivity index (χ0) is 12.9. The first-order valence-corrected chi connectivity index (χ1v) is 8.16. The van der Waals surface area contributed by atoms with Gasteiger partial charge in [-0.05, 0) is 17.9 Å². The van der Waals surface area contributed by atoms with Crippen LogP contribution in [0.4, 0.5) is 0 Å². The largest absolute Gasteiger partial charge is 0.326 e. The van der Waals surface area contributed by atoms with Gasteiger partial charge in [-0.3, -0.25) is 0 Å². The summed E-state index contributed by atoms with van der Waals surface area (Å²) in [5, 5.41) is 1.78. The summed E-state index contributed by atoms with van der Waals surface area (Å²) < 4.78 is 26.3. The van der Waals surface area contributed by atoms with Crippen LogP contribution in [0.2, 0.25) is 0 Å². The number of unbranched alkanes of at least 4 members (excludes halogenated alkanes) is 1. The minimum Gasteiger partial charge on any atom is -0.326 e. The molecule has 1 aromatic heterocycles. The molecule has 98 valence electrons. The molecule has 1 heterocycles. The standard InChI is InChI=1S/C11H20N2O2S2/c1-3-5-7-13(4-2)17(14,15)11-6-8-16-10(11)9-12/h6,8H,3-5,7,9,12H2,1-2H3. The average Bonchev–Trinajstić information content (AvgIpc) is 2.78. The maximum atomic E-state index is 12.4. The number of rotatable bonds is 7. The second-order valence-electron chi connectivity index (χ2n) is 3.76. The third-order valence-corrected chi connectivity index (χ3v) is 5.75. The van der Waals surface area contributed by atoms with Crippen LogP contribution in [0.1, 0.15) is 31.6 Å². The topological polar surface area (TPSA) is 63.4 Å². The molecule has 0 fully saturated rings. The summed E-state index contributed by atoms with van der Waals surface area (Å²) in [6.07, 6.45) is 1.87. The summed E-state index contributed by atoms with van der Waals surface area (Å²) in [7, 11) is -3.36. The van der Waals surface area contributed by atoms with Gasteiger partial charge < -0.3 is 5.73 Å². The van der Waals surface area contributed by atoms with Crippen LogP contribution in [0, 0.1) is 0 Å². The first kappa shape index (κ1) is 14.6. The fourth-order valence-corrected chi connectivity index (χ4v) is 4.42. The lowest BCUT2D eigenvalue weighted by atomic mass is 10.3. The molecule has 0 unspecified atom stereocenters. The summed E-state index contributed by atoms with van der Waals surface area (Å²) in [4.78, 5) is 1.11. The Bertz CT molecular complexity index is 440. The van der Waals surface area contributed by atoms with Crippen LogP contribution in [0.25, 0.3) is 0 Å². The van der Waals surface area contributed by atoms with Gasteiger partial charge in [-0.2, -0.15) is 4.31 Å². The molecule has 0 saturated carbocycles. The molecule has 1 rings (SSSR count). The van der Waals surface area contributed by atoms with E-state index in [1.807, 2.05) is 6.92 Å². The highest BCUT2D eigenvalue weighted by molar-refractivity contribution is 7.89. The Morgan fingerprint density at radius 1 is 1.41 bits per heavy atom. The lowest BCUT2D eigenvalue weighted by Gasteiger charge is -2.20. The van der Waals surface area contributed by atoms with E-state index in [9.17, 15) is 8.42 Å². The number of thiophene rings is 1. The molecule has 4 nitrogen and oxygen atoms in total. The molecular formula is C11H20N2O2S2. The number of hydrogen-bond acceptors (Lipinski definition) is 4. The minimum atomic E-state index is -3.36. The zero-order valence-corrected chi connectivity index (χ0v) is 12.0. The predicted octanol–water partition coefficient (Wildman–Crippen LogP) is 2.02. The molecule has 2 N–H and O–H groups in total. The molecule has 1 aromatic rings. The number of nitrogens with zero attached hydrogens (tertiary/aromatic N) is 1. The van der Waals surface area contributed by atoms with E-state index in [2.05, 4.69) is 6.92 Å². The Hall–Kier alpha value is -0.430. The summed E-state index contributed by atoms with van der Waals surface area (Å²) >= 11 is 1.40. The third-order valence-electron chi connectivity index (χ3n) is 2.62. The van der Waals surface area contributed by atoms with Gasteiger partial charge in [0.15, 0.2) is 0 Å². The molecule has 0 aliphatic rings. The molecule has 6 heteroatoms. The Balaban J connectivity index is 3.00. The van der Waals surface area contributed by atoms with Crippen LogP contribution >= 0.6 is 11.3 Å². The Labute approximate surface area is 107 Å². The fraction of sp³-hybridized carbons (Fsp3) is 0.636. The summed E-state index contributed by atoms with van der Waals surface area (Å²) in [6.45, 7) is 5.27. The summed E-state index contributed by atoms with van der Waals surface area (Å²) in [5.74, 6) is 0. The highest BCUT2D eigenvalue weighted by Gasteiger charge is 2.25. The molecule has 0 aromatic carbocycles. The smallest absolute Gasteiger partial charge is 0.244 e. The van der Waals surface area contributed by atoms with Crippen LogP contribution in [0.5, 0.6) is 0 Å². The lowest BCUT2D eigenvalue weighted by molar-refractivity contribution is 0.418. The van der Waals surface area contributed by atoms with Crippen LogP contribution in [-0.2, 0) is 16.6 Å². The fourth-order valence-electron chi connectivity index (χ4n) is 1.63. The first-order chi connectivity index (χ1) is 8.07.